The van der Waals surface area contributed by atoms with Crippen molar-refractivity contribution in [3.05, 3.63) is 71.8 Å². The minimum absolute atomic E-state index is 0.0216. The highest BCUT2D eigenvalue weighted by atomic mass is 16.6. The molecule has 0 saturated carbocycles. The van der Waals surface area contributed by atoms with Crippen LogP contribution >= 0.6 is 0 Å². The molecule has 0 radical (unpaired) electrons. The first kappa shape index (κ1) is 29.2. The van der Waals surface area contributed by atoms with E-state index in [0.29, 0.717) is 6.42 Å². The van der Waals surface area contributed by atoms with E-state index in [1.54, 1.807) is 48.5 Å². The van der Waals surface area contributed by atoms with Gasteiger partial charge in [0.25, 0.3) is 0 Å². The fourth-order valence-corrected chi connectivity index (χ4v) is 4.65. The quantitative estimate of drug-likeness (QED) is 0.417. The first-order valence-electron chi connectivity index (χ1n) is 13.5. The lowest BCUT2D eigenvalue weighted by Crippen LogP contribution is -2.49. The normalized spacial score (nSPS) is 18.2. The molecule has 12 heteroatoms. The summed E-state index contributed by atoms with van der Waals surface area (Å²) in [6, 6.07) is 16.0. The van der Waals surface area contributed by atoms with E-state index in [4.69, 9.17) is 9.47 Å². The van der Waals surface area contributed by atoms with Gasteiger partial charge in [0.2, 0.25) is 23.6 Å². The van der Waals surface area contributed by atoms with Crippen LogP contribution in [0.5, 0.6) is 0 Å². The van der Waals surface area contributed by atoms with Crippen LogP contribution in [0, 0.1) is 0 Å². The number of ether oxygens (including phenoxy) is 2. The van der Waals surface area contributed by atoms with Crippen LogP contribution in [0.15, 0.2) is 60.7 Å². The van der Waals surface area contributed by atoms with Gasteiger partial charge in [-0.15, -0.1) is 0 Å². The zero-order valence-electron chi connectivity index (χ0n) is 22.5. The number of carbonyl (C=O) groups is 6. The van der Waals surface area contributed by atoms with Gasteiger partial charge in [-0.25, -0.2) is 19.4 Å². The van der Waals surface area contributed by atoms with Gasteiger partial charge in [-0.2, -0.15) is 0 Å². The molecule has 2 aliphatic rings. The summed E-state index contributed by atoms with van der Waals surface area (Å²) in [5.41, 5.74) is 1.51. The van der Waals surface area contributed by atoms with Crippen LogP contribution < -0.4 is 10.6 Å². The van der Waals surface area contributed by atoms with Crippen molar-refractivity contribution in [3.8, 4) is 0 Å². The maximum Gasteiger partial charge on any atom is 0.417 e. The number of nitrogens with zero attached hydrogens (tertiary/aromatic N) is 2. The summed E-state index contributed by atoms with van der Waals surface area (Å²) >= 11 is 0. The van der Waals surface area contributed by atoms with E-state index in [-0.39, 0.29) is 52.0 Å². The van der Waals surface area contributed by atoms with Crippen LogP contribution in [0.2, 0.25) is 0 Å². The molecule has 2 atom stereocenters. The number of benzene rings is 2. The fraction of sp³-hybridized carbons (Fsp3) is 0.379. The predicted octanol–water partition coefficient (Wildman–Crippen LogP) is 2.26. The molecule has 0 aromatic heterocycles. The summed E-state index contributed by atoms with van der Waals surface area (Å²) in [5, 5.41) is 5.37. The minimum atomic E-state index is -0.972. The van der Waals surface area contributed by atoms with Gasteiger partial charge in [-0.1, -0.05) is 60.7 Å². The molecule has 0 bridgehead atoms. The third-order valence-corrected chi connectivity index (χ3v) is 6.78. The Morgan fingerprint density at radius 1 is 0.659 bits per heavy atom. The third kappa shape index (κ3) is 7.68. The lowest BCUT2D eigenvalue weighted by Gasteiger charge is -2.22. The Labute approximate surface area is 236 Å². The van der Waals surface area contributed by atoms with Crippen molar-refractivity contribution in [3.63, 3.8) is 0 Å². The maximum atomic E-state index is 12.7. The van der Waals surface area contributed by atoms with Crippen molar-refractivity contribution in [2.24, 2.45) is 0 Å². The number of hydrogen-bond acceptors (Lipinski definition) is 8. The number of amides is 6. The van der Waals surface area contributed by atoms with E-state index in [2.05, 4.69) is 10.6 Å². The Kier molecular flexibility index (Phi) is 10.0. The fourth-order valence-electron chi connectivity index (χ4n) is 4.65. The van der Waals surface area contributed by atoms with E-state index in [1.165, 1.54) is 0 Å². The first-order chi connectivity index (χ1) is 19.8. The Morgan fingerprint density at radius 3 is 1.44 bits per heavy atom. The number of rotatable bonds is 10. The monoisotopic (exact) mass is 564 g/mol. The number of likely N-dealkylation sites (tertiary alicyclic amines) is 2. The highest BCUT2D eigenvalue weighted by Crippen LogP contribution is 2.22. The summed E-state index contributed by atoms with van der Waals surface area (Å²) in [6.45, 7) is 0.296. The second-order valence-corrected chi connectivity index (χ2v) is 9.65. The molecule has 0 unspecified atom stereocenters. The molecular weight excluding hydrogens is 532 g/mol. The summed E-state index contributed by atoms with van der Waals surface area (Å²) < 4.78 is 10.5. The average molecular weight is 565 g/mol. The maximum absolute atomic E-state index is 12.7. The summed E-state index contributed by atoms with van der Waals surface area (Å²) in [5.74, 6) is -1.94. The van der Waals surface area contributed by atoms with Crippen LogP contribution in [0.4, 0.5) is 9.59 Å². The van der Waals surface area contributed by atoms with Crippen molar-refractivity contribution in [1.29, 1.82) is 0 Å². The van der Waals surface area contributed by atoms with Gasteiger partial charge in [-0.3, -0.25) is 19.2 Å². The molecule has 2 heterocycles. The number of nitrogens with one attached hydrogen (secondary N) is 2. The lowest BCUT2D eigenvalue weighted by atomic mass is 10.2. The molecule has 2 fully saturated rings. The lowest BCUT2D eigenvalue weighted by molar-refractivity contribution is -0.133. The second kappa shape index (κ2) is 14.1. The molecule has 2 aromatic carbocycles. The number of imide groups is 2. The zero-order chi connectivity index (χ0) is 29.2. The SMILES string of the molecule is O=C(NCCCNC(=O)[C@H]1CCC(=O)N1C(=O)OCc1ccccc1)[C@H]1CCC(=O)N1C(=O)OCc1ccccc1. The highest BCUT2D eigenvalue weighted by molar-refractivity contribution is 6.01. The van der Waals surface area contributed by atoms with Crippen LogP contribution in [0.1, 0.15) is 43.2 Å². The Hall–Kier alpha value is -4.74. The predicted molar refractivity (Wildman–Crippen MR) is 144 cm³/mol. The van der Waals surface area contributed by atoms with E-state index < -0.39 is 47.9 Å². The van der Waals surface area contributed by atoms with E-state index in [1.807, 2.05) is 12.1 Å². The van der Waals surface area contributed by atoms with Crippen LogP contribution in [-0.2, 0) is 41.9 Å². The van der Waals surface area contributed by atoms with Gasteiger partial charge in [0.05, 0.1) is 0 Å². The van der Waals surface area contributed by atoms with Gasteiger partial charge in [0.1, 0.15) is 25.3 Å². The molecular formula is C29H32N4O8. The highest BCUT2D eigenvalue weighted by Gasteiger charge is 2.42. The van der Waals surface area contributed by atoms with Gasteiger partial charge >= 0.3 is 12.2 Å². The van der Waals surface area contributed by atoms with Gasteiger partial charge < -0.3 is 20.1 Å². The largest absolute Gasteiger partial charge is 0.444 e. The topological polar surface area (TPSA) is 151 Å². The summed E-state index contributed by atoms with van der Waals surface area (Å²) in [6.07, 6.45) is -0.918. The molecule has 4 rings (SSSR count). The van der Waals surface area contributed by atoms with Gasteiger partial charge in [0, 0.05) is 25.9 Å². The second-order valence-electron chi connectivity index (χ2n) is 9.65. The smallest absolute Gasteiger partial charge is 0.417 e. The van der Waals surface area contributed by atoms with Crippen molar-refractivity contribution in [2.75, 3.05) is 13.1 Å². The van der Waals surface area contributed by atoms with Crippen LogP contribution in [0.25, 0.3) is 0 Å². The van der Waals surface area contributed by atoms with E-state index in [9.17, 15) is 28.8 Å². The van der Waals surface area contributed by atoms with Crippen LogP contribution in [-0.4, -0.2) is 70.8 Å². The summed E-state index contributed by atoms with van der Waals surface area (Å²) in [4.78, 5) is 76.7. The van der Waals surface area contributed by atoms with Crippen molar-refractivity contribution < 1.29 is 38.2 Å². The number of hydrogen-bond donors (Lipinski definition) is 2. The summed E-state index contributed by atoms with van der Waals surface area (Å²) in [7, 11) is 0. The Morgan fingerprint density at radius 2 is 1.05 bits per heavy atom. The van der Waals surface area contributed by atoms with E-state index in [0.717, 1.165) is 20.9 Å². The number of carbonyl (C=O) groups excluding carboxylic acids is 6. The van der Waals surface area contributed by atoms with Crippen molar-refractivity contribution >= 4 is 35.8 Å². The molecule has 2 N–H and O–H groups in total. The van der Waals surface area contributed by atoms with Gasteiger partial charge in [-0.05, 0) is 30.4 Å². The third-order valence-electron chi connectivity index (χ3n) is 6.78. The molecule has 0 spiro atoms. The zero-order valence-corrected chi connectivity index (χ0v) is 22.5. The minimum Gasteiger partial charge on any atom is -0.444 e. The molecule has 216 valence electrons. The van der Waals surface area contributed by atoms with E-state index >= 15 is 0 Å². The molecule has 2 aromatic rings. The van der Waals surface area contributed by atoms with Crippen molar-refractivity contribution in [1.82, 2.24) is 20.4 Å². The molecule has 0 aliphatic carbocycles. The molecule has 2 saturated heterocycles. The Bertz CT molecular complexity index is 1170. The van der Waals surface area contributed by atoms with Crippen LogP contribution in [0.3, 0.4) is 0 Å². The molecule has 12 nitrogen and oxygen atoms in total. The molecule has 2 aliphatic heterocycles. The standard InChI is InChI=1S/C29H32N4O8/c34-24-14-12-22(32(24)28(38)40-18-20-8-3-1-4-9-20)26(36)30-16-7-17-31-27(37)23-13-15-25(35)33(23)29(39)41-19-21-10-5-2-6-11-21/h1-6,8-11,22-23H,7,12-19H2,(H,30,36)(H,31,37)/t22-,23-/m1/s1. The molecule has 41 heavy (non-hydrogen) atoms. The average Bonchev–Trinajstić information content (AvgIpc) is 3.57. The van der Waals surface area contributed by atoms with Gasteiger partial charge in [0.15, 0.2) is 0 Å². The first-order valence-corrected chi connectivity index (χ1v) is 13.5. The van der Waals surface area contributed by atoms with Crippen molar-refractivity contribution in [2.45, 2.75) is 57.4 Å². The Balaban J connectivity index is 1.18. The molecule has 6 amide bonds.